The van der Waals surface area contributed by atoms with E-state index in [4.69, 9.17) is 4.74 Å². The van der Waals surface area contributed by atoms with E-state index >= 15 is 0 Å². The van der Waals surface area contributed by atoms with E-state index in [-0.39, 0.29) is 60.1 Å². The van der Waals surface area contributed by atoms with Crippen molar-refractivity contribution < 1.29 is 28.1 Å². The Balaban J connectivity index is 2.95. The Labute approximate surface area is 214 Å². The first-order valence-electron chi connectivity index (χ1n) is 13.1. The summed E-state index contributed by atoms with van der Waals surface area (Å²) < 4.78 is 17.1. The summed E-state index contributed by atoms with van der Waals surface area (Å²) >= 11 is 0. The highest BCUT2D eigenvalue weighted by Gasteiger charge is 2.50. The molecule has 1 saturated heterocycles. The molecule has 0 aromatic rings. The maximum absolute atomic E-state index is 13.4. The summed E-state index contributed by atoms with van der Waals surface area (Å²) in [7, 11) is -1.13. The van der Waals surface area contributed by atoms with Gasteiger partial charge in [0.2, 0.25) is 5.91 Å². The standard InChI is InChI=1S/C27H47NO6S/c1-8-9-10-11-21(29)16-22(19(4)5)26(32)28-23(12-13-35(7)33)24(30)15-20(14-18(2)3)25(31)27(6)17-34-27/h18-20,22-23H,8-17H2,1-7H3,(H,28,32)/t20-,22+,23+,27-,35?/m1/s1. The van der Waals surface area contributed by atoms with Crippen LogP contribution in [0.1, 0.15) is 92.9 Å². The SMILES string of the molecule is CCCCCC(=O)C[C@H](C(=O)N[C@@H](CCS(C)=O)C(=O)C[C@@H](CC(C)C)C(=O)[C@@]1(C)CO1)C(C)C. The van der Waals surface area contributed by atoms with E-state index in [0.29, 0.717) is 19.4 Å². The molecule has 1 aliphatic rings. The lowest BCUT2D eigenvalue weighted by atomic mass is 9.82. The second-order valence-corrected chi connectivity index (χ2v) is 12.6. The summed E-state index contributed by atoms with van der Waals surface area (Å²) in [6.45, 7) is 12.0. The van der Waals surface area contributed by atoms with Crippen molar-refractivity contribution in [2.75, 3.05) is 18.6 Å². The van der Waals surface area contributed by atoms with Crippen LogP contribution in [-0.4, -0.2) is 57.7 Å². The van der Waals surface area contributed by atoms with Crippen molar-refractivity contribution in [1.29, 1.82) is 0 Å². The van der Waals surface area contributed by atoms with Crippen LogP contribution in [0.3, 0.4) is 0 Å². The Hall–Kier alpha value is -1.41. The van der Waals surface area contributed by atoms with Crippen LogP contribution >= 0.6 is 0 Å². The van der Waals surface area contributed by atoms with Gasteiger partial charge in [-0.1, -0.05) is 47.5 Å². The molecule has 0 aromatic heterocycles. The molecule has 7 nitrogen and oxygen atoms in total. The van der Waals surface area contributed by atoms with Gasteiger partial charge < -0.3 is 10.1 Å². The number of ether oxygens (including phenoxy) is 1. The van der Waals surface area contributed by atoms with Crippen LogP contribution in [0.4, 0.5) is 0 Å². The van der Waals surface area contributed by atoms with E-state index in [0.717, 1.165) is 19.3 Å². The van der Waals surface area contributed by atoms with Crippen molar-refractivity contribution >= 4 is 34.1 Å². The average Bonchev–Trinajstić information content (AvgIpc) is 3.51. The van der Waals surface area contributed by atoms with Crippen molar-refractivity contribution in [3.63, 3.8) is 0 Å². The van der Waals surface area contributed by atoms with Crippen LogP contribution in [0.15, 0.2) is 0 Å². The fraction of sp³-hybridized carbons (Fsp3) is 0.852. The first-order chi connectivity index (χ1) is 16.3. The second kappa shape index (κ2) is 15.0. The lowest BCUT2D eigenvalue weighted by molar-refractivity contribution is -0.135. The molecule has 0 radical (unpaired) electrons. The highest BCUT2D eigenvalue weighted by atomic mass is 32.2. The third kappa shape index (κ3) is 11.5. The molecule has 0 aromatic carbocycles. The molecule has 35 heavy (non-hydrogen) atoms. The molecule has 0 spiro atoms. The van der Waals surface area contributed by atoms with E-state index in [2.05, 4.69) is 12.2 Å². The summed E-state index contributed by atoms with van der Waals surface area (Å²) in [4.78, 5) is 52.0. The van der Waals surface area contributed by atoms with Crippen molar-refractivity contribution in [3.8, 4) is 0 Å². The van der Waals surface area contributed by atoms with E-state index in [1.165, 1.54) is 0 Å². The van der Waals surface area contributed by atoms with E-state index in [1.807, 2.05) is 27.7 Å². The van der Waals surface area contributed by atoms with Crippen molar-refractivity contribution in [2.45, 2.75) is 105 Å². The van der Waals surface area contributed by atoms with Crippen molar-refractivity contribution in [1.82, 2.24) is 5.32 Å². The molecular formula is C27H47NO6S. The highest BCUT2D eigenvalue weighted by molar-refractivity contribution is 7.84. The van der Waals surface area contributed by atoms with Gasteiger partial charge in [0, 0.05) is 53.9 Å². The number of epoxide rings is 1. The highest BCUT2D eigenvalue weighted by Crippen LogP contribution is 2.34. The molecule has 0 saturated carbocycles. The summed E-state index contributed by atoms with van der Waals surface area (Å²) in [5, 5.41) is 2.86. The molecule has 202 valence electrons. The van der Waals surface area contributed by atoms with Gasteiger partial charge in [0.05, 0.1) is 12.6 Å². The summed E-state index contributed by atoms with van der Waals surface area (Å²) in [6, 6.07) is -0.835. The maximum Gasteiger partial charge on any atom is 0.224 e. The molecule has 5 atom stereocenters. The number of carbonyl (C=O) groups is 4. The van der Waals surface area contributed by atoms with Crippen LogP contribution in [0.2, 0.25) is 0 Å². The van der Waals surface area contributed by atoms with Gasteiger partial charge >= 0.3 is 0 Å². The number of ketones is 3. The van der Waals surface area contributed by atoms with E-state index in [9.17, 15) is 23.4 Å². The third-order valence-electron chi connectivity index (χ3n) is 6.72. The minimum Gasteiger partial charge on any atom is -0.362 e. The number of rotatable bonds is 19. The Morgan fingerprint density at radius 1 is 1.06 bits per heavy atom. The second-order valence-electron chi connectivity index (χ2n) is 11.1. The van der Waals surface area contributed by atoms with Crippen LogP contribution in [-0.2, 0) is 34.7 Å². The predicted octanol–water partition coefficient (Wildman–Crippen LogP) is 4.03. The monoisotopic (exact) mass is 513 g/mol. The summed E-state index contributed by atoms with van der Waals surface area (Å²) in [5.74, 6) is -1.16. The average molecular weight is 514 g/mol. The number of hydrogen-bond acceptors (Lipinski definition) is 6. The van der Waals surface area contributed by atoms with Gasteiger partial charge in [-0.15, -0.1) is 0 Å². The molecule has 1 N–H and O–H groups in total. The Morgan fingerprint density at radius 3 is 2.17 bits per heavy atom. The molecule has 0 aliphatic carbocycles. The fourth-order valence-electron chi connectivity index (χ4n) is 4.35. The summed E-state index contributed by atoms with van der Waals surface area (Å²) in [6.07, 6.45) is 5.80. The van der Waals surface area contributed by atoms with Gasteiger partial charge in [-0.3, -0.25) is 23.4 Å². The van der Waals surface area contributed by atoms with Crippen LogP contribution in [0, 0.1) is 23.7 Å². The molecule has 1 aliphatic heterocycles. The molecular weight excluding hydrogens is 466 g/mol. The molecule has 0 bridgehead atoms. The van der Waals surface area contributed by atoms with Gasteiger partial charge in [0.25, 0.3) is 0 Å². The number of nitrogens with one attached hydrogen (secondary N) is 1. The zero-order valence-corrected chi connectivity index (χ0v) is 23.6. The zero-order valence-electron chi connectivity index (χ0n) is 22.8. The summed E-state index contributed by atoms with van der Waals surface area (Å²) in [5.41, 5.74) is -0.815. The van der Waals surface area contributed by atoms with Gasteiger partial charge in [-0.2, -0.15) is 0 Å². The lowest BCUT2D eigenvalue weighted by Crippen LogP contribution is -2.47. The normalized spacial score (nSPS) is 20.8. The molecule has 1 heterocycles. The molecule has 1 unspecified atom stereocenters. The topological polar surface area (TPSA) is 110 Å². The molecule has 1 rings (SSSR count). The minimum atomic E-state index is -1.13. The van der Waals surface area contributed by atoms with Gasteiger partial charge in [0.15, 0.2) is 11.6 Å². The van der Waals surface area contributed by atoms with Gasteiger partial charge in [0.1, 0.15) is 11.4 Å². The lowest BCUT2D eigenvalue weighted by Gasteiger charge is -2.26. The predicted molar refractivity (Wildman–Crippen MR) is 140 cm³/mol. The molecule has 1 fully saturated rings. The number of amides is 1. The number of carbonyl (C=O) groups excluding carboxylic acids is 4. The maximum atomic E-state index is 13.4. The van der Waals surface area contributed by atoms with Crippen LogP contribution in [0.5, 0.6) is 0 Å². The fourth-order valence-corrected chi connectivity index (χ4v) is 4.91. The molecule has 8 heteroatoms. The third-order valence-corrected chi connectivity index (χ3v) is 7.53. The Bertz CT molecular complexity index is 759. The number of Topliss-reactive ketones (excluding diaryl/α,β-unsaturated/α-hetero) is 3. The van der Waals surface area contributed by atoms with Crippen LogP contribution < -0.4 is 5.32 Å². The largest absolute Gasteiger partial charge is 0.362 e. The van der Waals surface area contributed by atoms with E-state index in [1.54, 1.807) is 13.2 Å². The first kappa shape index (κ1) is 31.6. The minimum absolute atomic E-state index is 0.0134. The molecule has 1 amide bonds. The zero-order chi connectivity index (χ0) is 26.8. The quantitative estimate of drug-likeness (QED) is 0.206. The van der Waals surface area contributed by atoms with E-state index < -0.39 is 34.3 Å². The van der Waals surface area contributed by atoms with Crippen molar-refractivity contribution in [3.05, 3.63) is 0 Å². The Morgan fingerprint density at radius 2 is 1.69 bits per heavy atom. The van der Waals surface area contributed by atoms with Crippen LogP contribution in [0.25, 0.3) is 0 Å². The number of unbranched alkanes of at least 4 members (excludes halogenated alkanes) is 2. The van der Waals surface area contributed by atoms with Gasteiger partial charge in [-0.05, 0) is 38.0 Å². The number of hydrogen-bond donors (Lipinski definition) is 1. The Kier molecular flexibility index (Phi) is 13.5. The first-order valence-corrected chi connectivity index (χ1v) is 14.9. The van der Waals surface area contributed by atoms with Gasteiger partial charge in [-0.25, -0.2) is 0 Å². The van der Waals surface area contributed by atoms with Crippen molar-refractivity contribution in [2.24, 2.45) is 23.7 Å². The smallest absolute Gasteiger partial charge is 0.224 e.